The SMILES string of the molecule is NCCc1ccnc(C2CCc3ccccc32)n1. The monoisotopic (exact) mass is 239 g/mol. The molecule has 0 saturated carbocycles. The lowest BCUT2D eigenvalue weighted by atomic mass is 10.0. The summed E-state index contributed by atoms with van der Waals surface area (Å²) in [7, 11) is 0. The summed E-state index contributed by atoms with van der Waals surface area (Å²) in [6.07, 6.45) is 4.93. The van der Waals surface area contributed by atoms with Crippen molar-refractivity contribution in [2.45, 2.75) is 25.2 Å². The van der Waals surface area contributed by atoms with E-state index in [-0.39, 0.29) is 0 Å². The molecule has 3 nitrogen and oxygen atoms in total. The Labute approximate surface area is 107 Å². The molecule has 3 rings (SSSR count). The minimum absolute atomic E-state index is 0.360. The molecule has 0 bridgehead atoms. The van der Waals surface area contributed by atoms with E-state index in [0.29, 0.717) is 12.5 Å². The summed E-state index contributed by atoms with van der Waals surface area (Å²) in [5.74, 6) is 1.31. The van der Waals surface area contributed by atoms with Crippen molar-refractivity contribution in [2.24, 2.45) is 5.73 Å². The lowest BCUT2D eigenvalue weighted by molar-refractivity contribution is 0.716. The second-order valence-electron chi connectivity index (χ2n) is 4.73. The molecule has 1 unspecified atom stereocenters. The van der Waals surface area contributed by atoms with Crippen molar-refractivity contribution in [3.8, 4) is 0 Å². The molecule has 1 aromatic heterocycles. The molecule has 1 atom stereocenters. The van der Waals surface area contributed by atoms with Crippen molar-refractivity contribution < 1.29 is 0 Å². The van der Waals surface area contributed by atoms with Gasteiger partial charge in [-0.1, -0.05) is 24.3 Å². The smallest absolute Gasteiger partial charge is 0.135 e. The highest BCUT2D eigenvalue weighted by molar-refractivity contribution is 5.38. The molecule has 3 heteroatoms. The van der Waals surface area contributed by atoms with Crippen LogP contribution in [0.5, 0.6) is 0 Å². The molecule has 0 amide bonds. The van der Waals surface area contributed by atoms with Crippen molar-refractivity contribution in [3.05, 3.63) is 59.2 Å². The lowest BCUT2D eigenvalue weighted by Crippen LogP contribution is -2.08. The van der Waals surface area contributed by atoms with Crippen LogP contribution < -0.4 is 5.73 Å². The van der Waals surface area contributed by atoms with Crippen molar-refractivity contribution in [3.63, 3.8) is 0 Å². The molecule has 92 valence electrons. The standard InChI is InChI=1S/C15H17N3/c16-9-7-12-8-10-17-15(18-12)14-6-5-11-3-1-2-4-13(11)14/h1-4,8,10,14H,5-7,9,16H2. The highest BCUT2D eigenvalue weighted by atomic mass is 14.9. The second kappa shape index (κ2) is 4.86. The summed E-state index contributed by atoms with van der Waals surface area (Å²) in [6, 6.07) is 10.6. The molecular weight excluding hydrogens is 222 g/mol. The summed E-state index contributed by atoms with van der Waals surface area (Å²) in [6.45, 7) is 0.637. The zero-order chi connectivity index (χ0) is 12.4. The Bertz CT molecular complexity index is 551. The van der Waals surface area contributed by atoms with Crippen molar-refractivity contribution in [1.82, 2.24) is 9.97 Å². The average Bonchev–Trinajstić information content (AvgIpc) is 2.83. The van der Waals surface area contributed by atoms with Crippen molar-refractivity contribution in [1.29, 1.82) is 0 Å². The van der Waals surface area contributed by atoms with Gasteiger partial charge in [0.1, 0.15) is 5.82 Å². The van der Waals surface area contributed by atoms with Crippen LogP contribution in [0.3, 0.4) is 0 Å². The first-order valence-electron chi connectivity index (χ1n) is 6.48. The molecule has 1 aromatic carbocycles. The van der Waals surface area contributed by atoms with Gasteiger partial charge < -0.3 is 5.73 Å². The molecule has 1 heterocycles. The van der Waals surface area contributed by atoms with Gasteiger partial charge >= 0.3 is 0 Å². The van der Waals surface area contributed by atoms with Crippen LogP contribution in [0.25, 0.3) is 0 Å². The Balaban J connectivity index is 1.94. The number of nitrogens with two attached hydrogens (primary N) is 1. The van der Waals surface area contributed by atoms with Gasteiger partial charge in [-0.2, -0.15) is 0 Å². The Morgan fingerprint density at radius 2 is 2.11 bits per heavy atom. The maximum Gasteiger partial charge on any atom is 0.135 e. The second-order valence-corrected chi connectivity index (χ2v) is 4.73. The molecule has 0 saturated heterocycles. The van der Waals surface area contributed by atoms with Gasteiger partial charge in [0, 0.05) is 24.2 Å². The summed E-state index contributed by atoms with van der Waals surface area (Å²) in [4.78, 5) is 9.10. The minimum atomic E-state index is 0.360. The summed E-state index contributed by atoms with van der Waals surface area (Å²) >= 11 is 0. The van der Waals surface area contributed by atoms with Gasteiger partial charge in [-0.25, -0.2) is 9.97 Å². The fourth-order valence-electron chi connectivity index (χ4n) is 2.69. The van der Waals surface area contributed by atoms with Crippen LogP contribution in [-0.4, -0.2) is 16.5 Å². The fraction of sp³-hybridized carbons (Fsp3) is 0.333. The third-order valence-electron chi connectivity index (χ3n) is 3.58. The molecule has 0 spiro atoms. The zero-order valence-corrected chi connectivity index (χ0v) is 10.3. The predicted molar refractivity (Wildman–Crippen MR) is 71.4 cm³/mol. The topological polar surface area (TPSA) is 51.8 Å². The van der Waals surface area contributed by atoms with Gasteiger partial charge in [0.05, 0.1) is 0 Å². The average molecular weight is 239 g/mol. The first-order valence-corrected chi connectivity index (χ1v) is 6.48. The molecule has 2 aromatic rings. The highest BCUT2D eigenvalue weighted by Gasteiger charge is 2.25. The number of aromatic nitrogens is 2. The predicted octanol–water partition coefficient (Wildman–Crippen LogP) is 2.06. The molecule has 0 aliphatic heterocycles. The minimum Gasteiger partial charge on any atom is -0.330 e. The van der Waals surface area contributed by atoms with E-state index in [9.17, 15) is 0 Å². The highest BCUT2D eigenvalue weighted by Crippen LogP contribution is 2.36. The van der Waals surface area contributed by atoms with Gasteiger partial charge in [0.15, 0.2) is 0 Å². The number of nitrogens with zero attached hydrogens (tertiary/aromatic N) is 2. The van der Waals surface area contributed by atoms with Crippen LogP contribution >= 0.6 is 0 Å². The van der Waals surface area contributed by atoms with Gasteiger partial charge in [0.25, 0.3) is 0 Å². The van der Waals surface area contributed by atoms with Gasteiger partial charge in [-0.05, 0) is 36.6 Å². The van der Waals surface area contributed by atoms with Crippen LogP contribution in [0.2, 0.25) is 0 Å². The third-order valence-corrected chi connectivity index (χ3v) is 3.58. The van der Waals surface area contributed by atoms with E-state index < -0.39 is 0 Å². The third kappa shape index (κ3) is 2.02. The molecule has 1 aliphatic carbocycles. The number of fused-ring (bicyclic) bond motifs is 1. The van der Waals surface area contributed by atoms with E-state index in [4.69, 9.17) is 5.73 Å². The van der Waals surface area contributed by atoms with Crippen molar-refractivity contribution >= 4 is 0 Å². The normalized spacial score (nSPS) is 17.7. The van der Waals surface area contributed by atoms with Crippen molar-refractivity contribution in [2.75, 3.05) is 6.54 Å². The summed E-state index contributed by atoms with van der Waals surface area (Å²) in [5, 5.41) is 0. The molecule has 0 fully saturated rings. The number of aryl methyl sites for hydroxylation is 1. The largest absolute Gasteiger partial charge is 0.330 e. The Morgan fingerprint density at radius 3 is 3.00 bits per heavy atom. The quantitative estimate of drug-likeness (QED) is 0.892. The molecular formula is C15H17N3. The van der Waals surface area contributed by atoms with E-state index in [0.717, 1.165) is 30.8 Å². The van der Waals surface area contributed by atoms with Gasteiger partial charge in [-0.15, -0.1) is 0 Å². The molecule has 0 radical (unpaired) electrons. The Kier molecular flexibility index (Phi) is 3.07. The van der Waals surface area contributed by atoms with E-state index >= 15 is 0 Å². The van der Waals surface area contributed by atoms with Gasteiger partial charge in [0.2, 0.25) is 0 Å². The first kappa shape index (κ1) is 11.4. The number of hydrogen-bond acceptors (Lipinski definition) is 3. The van der Waals surface area contributed by atoms with E-state index in [1.807, 2.05) is 12.3 Å². The summed E-state index contributed by atoms with van der Waals surface area (Å²) < 4.78 is 0. The van der Waals surface area contributed by atoms with E-state index in [1.54, 1.807) is 0 Å². The van der Waals surface area contributed by atoms with Crippen LogP contribution in [0.1, 0.15) is 35.0 Å². The first-order chi connectivity index (χ1) is 8.88. The zero-order valence-electron chi connectivity index (χ0n) is 10.3. The molecule has 2 N–H and O–H groups in total. The Hall–Kier alpha value is -1.74. The van der Waals surface area contributed by atoms with Gasteiger partial charge in [-0.3, -0.25) is 0 Å². The van der Waals surface area contributed by atoms with Crippen LogP contribution in [0.4, 0.5) is 0 Å². The maximum absolute atomic E-state index is 5.58. The molecule has 1 aliphatic rings. The number of hydrogen-bond donors (Lipinski definition) is 1. The summed E-state index contributed by atoms with van der Waals surface area (Å²) in [5.41, 5.74) is 9.46. The molecule has 18 heavy (non-hydrogen) atoms. The van der Waals surface area contributed by atoms with Crippen LogP contribution in [0, 0.1) is 0 Å². The van der Waals surface area contributed by atoms with E-state index in [1.165, 1.54) is 11.1 Å². The maximum atomic E-state index is 5.58. The number of rotatable bonds is 3. The number of benzene rings is 1. The van der Waals surface area contributed by atoms with E-state index in [2.05, 4.69) is 34.2 Å². The fourth-order valence-corrected chi connectivity index (χ4v) is 2.69. The van der Waals surface area contributed by atoms with Crippen LogP contribution in [-0.2, 0) is 12.8 Å². The van der Waals surface area contributed by atoms with Crippen LogP contribution in [0.15, 0.2) is 36.5 Å². The lowest BCUT2D eigenvalue weighted by Gasteiger charge is -2.11. The Morgan fingerprint density at radius 1 is 1.22 bits per heavy atom.